The largest absolute Gasteiger partial charge is 0.460 e. The minimum atomic E-state index is -0.569. The lowest BCUT2D eigenvalue weighted by Crippen LogP contribution is -2.46. The maximum Gasteiger partial charge on any atom is 0.316 e. The van der Waals surface area contributed by atoms with Gasteiger partial charge in [-0.2, -0.15) is 0 Å². The molecule has 2 aromatic rings. The molecule has 7 heteroatoms. The van der Waals surface area contributed by atoms with Crippen LogP contribution in [0.1, 0.15) is 19.3 Å². The van der Waals surface area contributed by atoms with Crippen molar-refractivity contribution in [3.63, 3.8) is 0 Å². The zero-order valence-electron chi connectivity index (χ0n) is 15.0. The molecule has 2 aliphatic rings. The van der Waals surface area contributed by atoms with Gasteiger partial charge in [-0.1, -0.05) is 18.2 Å². The normalized spacial score (nSPS) is 20.7. The highest BCUT2D eigenvalue weighted by Crippen LogP contribution is 2.27. The molecule has 27 heavy (non-hydrogen) atoms. The number of piperidine rings is 1. The maximum absolute atomic E-state index is 12.9. The zero-order valence-corrected chi connectivity index (χ0v) is 15.0. The molecule has 0 N–H and O–H groups in total. The third-order valence-electron chi connectivity index (χ3n) is 5.14. The number of likely N-dealkylation sites (tertiary alicyclic amines) is 1. The van der Waals surface area contributed by atoms with Gasteiger partial charge in [0.2, 0.25) is 11.8 Å². The third kappa shape index (κ3) is 3.77. The van der Waals surface area contributed by atoms with Crippen LogP contribution in [0, 0.1) is 5.92 Å². The maximum atomic E-state index is 12.9. The molecule has 1 aromatic heterocycles. The highest BCUT2D eigenvalue weighted by molar-refractivity contribution is 6.09. The van der Waals surface area contributed by atoms with E-state index in [2.05, 4.69) is 9.97 Å². The number of ether oxygens (including phenoxy) is 1. The third-order valence-corrected chi connectivity index (χ3v) is 5.14. The fraction of sp³-hybridized carbons (Fsp3) is 0.400. The summed E-state index contributed by atoms with van der Waals surface area (Å²) in [6.07, 6.45) is 5.29. The van der Waals surface area contributed by atoms with Crippen LogP contribution >= 0.6 is 0 Å². The van der Waals surface area contributed by atoms with Crippen LogP contribution in [-0.4, -0.2) is 52.4 Å². The van der Waals surface area contributed by atoms with E-state index >= 15 is 0 Å². The second-order valence-corrected chi connectivity index (χ2v) is 6.84. The molecule has 2 saturated heterocycles. The summed E-state index contributed by atoms with van der Waals surface area (Å²) < 4.78 is 5.77. The summed E-state index contributed by atoms with van der Waals surface area (Å²) in [6, 6.07) is 11.6. The number of rotatable bonds is 4. The number of carbonyl (C=O) groups is 2. The predicted molar refractivity (Wildman–Crippen MR) is 99.2 cm³/mol. The van der Waals surface area contributed by atoms with E-state index in [0.29, 0.717) is 44.9 Å². The van der Waals surface area contributed by atoms with Crippen molar-refractivity contribution in [1.82, 2.24) is 14.9 Å². The van der Waals surface area contributed by atoms with Crippen molar-refractivity contribution < 1.29 is 14.3 Å². The van der Waals surface area contributed by atoms with E-state index in [4.69, 9.17) is 4.74 Å². The molecule has 7 nitrogen and oxygen atoms in total. The molecule has 0 radical (unpaired) electrons. The first-order valence-electron chi connectivity index (χ1n) is 9.31. The van der Waals surface area contributed by atoms with Crippen LogP contribution in [0.15, 0.2) is 48.8 Å². The number of benzene rings is 1. The number of hydrogen-bond acceptors (Lipinski definition) is 5. The van der Waals surface area contributed by atoms with Crippen molar-refractivity contribution in [3.8, 4) is 6.01 Å². The van der Waals surface area contributed by atoms with Crippen LogP contribution in [0.2, 0.25) is 0 Å². The molecule has 3 heterocycles. The lowest BCUT2D eigenvalue weighted by atomic mass is 10.0. The topological polar surface area (TPSA) is 75.6 Å². The Hall–Kier alpha value is -2.96. The lowest BCUT2D eigenvalue weighted by molar-refractivity contribution is -0.141. The summed E-state index contributed by atoms with van der Waals surface area (Å²) in [5, 5.41) is 0. The first-order chi connectivity index (χ1) is 13.2. The van der Waals surface area contributed by atoms with Crippen molar-refractivity contribution >= 4 is 17.5 Å². The minimum absolute atomic E-state index is 0.00320. The highest BCUT2D eigenvalue weighted by Gasteiger charge is 2.40. The quantitative estimate of drug-likeness (QED) is 0.773. The molecule has 1 unspecified atom stereocenters. The Balaban J connectivity index is 1.32. The number of hydrogen-bond donors (Lipinski definition) is 0. The van der Waals surface area contributed by atoms with Gasteiger partial charge in [-0.3, -0.25) is 9.59 Å². The van der Waals surface area contributed by atoms with Crippen LogP contribution in [0.25, 0.3) is 0 Å². The fourth-order valence-electron chi connectivity index (χ4n) is 3.68. The van der Waals surface area contributed by atoms with Crippen LogP contribution < -0.4 is 9.64 Å². The van der Waals surface area contributed by atoms with Gasteiger partial charge in [0.15, 0.2) is 0 Å². The van der Waals surface area contributed by atoms with Gasteiger partial charge in [0.1, 0.15) is 12.0 Å². The zero-order chi connectivity index (χ0) is 18.6. The van der Waals surface area contributed by atoms with Gasteiger partial charge in [-0.05, 0) is 24.6 Å². The molecule has 4 rings (SSSR count). The van der Waals surface area contributed by atoms with E-state index in [1.807, 2.05) is 30.3 Å². The average Bonchev–Trinajstić information content (AvgIpc) is 3.11. The molecule has 0 saturated carbocycles. The van der Waals surface area contributed by atoms with E-state index in [1.54, 1.807) is 28.3 Å². The Morgan fingerprint density at radius 3 is 2.37 bits per heavy atom. The summed E-state index contributed by atoms with van der Waals surface area (Å²) in [6.45, 7) is 1.76. The summed E-state index contributed by atoms with van der Waals surface area (Å²) in [5.74, 6) is -0.727. The molecule has 0 aliphatic carbocycles. The molecular weight excluding hydrogens is 344 g/mol. The smallest absolute Gasteiger partial charge is 0.316 e. The van der Waals surface area contributed by atoms with E-state index in [1.165, 1.54) is 0 Å². The van der Waals surface area contributed by atoms with Crippen LogP contribution in [0.4, 0.5) is 5.69 Å². The van der Waals surface area contributed by atoms with Gasteiger partial charge in [-0.15, -0.1) is 0 Å². The lowest BCUT2D eigenvalue weighted by Gasteiger charge is -2.32. The first-order valence-corrected chi connectivity index (χ1v) is 9.31. The molecule has 0 bridgehead atoms. The van der Waals surface area contributed by atoms with Crippen molar-refractivity contribution in [3.05, 3.63) is 48.8 Å². The standard InChI is InChI=1S/C20H22N4O3/c25-18(17-9-14-24(19(17)26)15-5-2-1-3-6-15)23-12-7-16(8-13-23)27-20-21-10-4-11-22-20/h1-6,10-11,16-17H,7-9,12-14H2. The molecular formula is C20H22N4O3. The Morgan fingerprint density at radius 1 is 0.963 bits per heavy atom. The molecule has 1 atom stereocenters. The number of amides is 2. The van der Waals surface area contributed by atoms with Gasteiger partial charge in [0, 0.05) is 50.6 Å². The van der Waals surface area contributed by atoms with E-state index in [0.717, 1.165) is 5.69 Å². The van der Waals surface area contributed by atoms with Crippen LogP contribution in [0.3, 0.4) is 0 Å². The van der Waals surface area contributed by atoms with Crippen molar-refractivity contribution in [2.24, 2.45) is 5.92 Å². The fourth-order valence-corrected chi connectivity index (χ4v) is 3.68. The molecule has 0 spiro atoms. The van der Waals surface area contributed by atoms with Crippen LogP contribution in [0.5, 0.6) is 6.01 Å². The Morgan fingerprint density at radius 2 is 1.67 bits per heavy atom. The Bertz CT molecular complexity index is 791. The van der Waals surface area contributed by atoms with Gasteiger partial charge in [0.05, 0.1) is 0 Å². The average molecular weight is 366 g/mol. The SMILES string of the molecule is O=C(C1CCN(c2ccccc2)C1=O)N1CCC(Oc2ncccn2)CC1. The van der Waals surface area contributed by atoms with Gasteiger partial charge < -0.3 is 14.5 Å². The molecule has 140 valence electrons. The second kappa shape index (κ2) is 7.73. The summed E-state index contributed by atoms with van der Waals surface area (Å²) >= 11 is 0. The number of aromatic nitrogens is 2. The minimum Gasteiger partial charge on any atom is -0.460 e. The predicted octanol–water partition coefficient (Wildman–Crippen LogP) is 1.90. The molecule has 2 amide bonds. The van der Waals surface area contributed by atoms with Crippen molar-refractivity contribution in [2.75, 3.05) is 24.5 Å². The summed E-state index contributed by atoms with van der Waals surface area (Å²) in [4.78, 5) is 37.3. The number of anilines is 1. The van der Waals surface area contributed by atoms with E-state index < -0.39 is 5.92 Å². The highest BCUT2D eigenvalue weighted by atomic mass is 16.5. The molecule has 2 aliphatic heterocycles. The van der Waals surface area contributed by atoms with Gasteiger partial charge >= 0.3 is 6.01 Å². The second-order valence-electron chi connectivity index (χ2n) is 6.84. The first kappa shape index (κ1) is 17.5. The van der Waals surface area contributed by atoms with Gasteiger partial charge in [0.25, 0.3) is 0 Å². The number of para-hydroxylation sites is 1. The monoisotopic (exact) mass is 366 g/mol. The van der Waals surface area contributed by atoms with E-state index in [9.17, 15) is 9.59 Å². The van der Waals surface area contributed by atoms with E-state index in [-0.39, 0.29) is 17.9 Å². The molecule has 2 fully saturated rings. The van der Waals surface area contributed by atoms with Gasteiger partial charge in [-0.25, -0.2) is 9.97 Å². The van der Waals surface area contributed by atoms with Crippen molar-refractivity contribution in [1.29, 1.82) is 0 Å². The Labute approximate surface area is 158 Å². The number of nitrogens with zero attached hydrogens (tertiary/aromatic N) is 4. The number of carbonyl (C=O) groups excluding carboxylic acids is 2. The summed E-state index contributed by atoms with van der Waals surface area (Å²) in [7, 11) is 0. The molecule has 1 aromatic carbocycles. The van der Waals surface area contributed by atoms with Crippen LogP contribution in [-0.2, 0) is 9.59 Å². The Kier molecular flexibility index (Phi) is 5.00. The van der Waals surface area contributed by atoms with Crippen molar-refractivity contribution in [2.45, 2.75) is 25.4 Å². The summed E-state index contributed by atoms with van der Waals surface area (Å²) in [5.41, 5.74) is 0.854.